The van der Waals surface area contributed by atoms with Crippen molar-refractivity contribution in [3.63, 3.8) is 0 Å². The van der Waals surface area contributed by atoms with Gasteiger partial charge in [0.15, 0.2) is 0 Å². The van der Waals surface area contributed by atoms with Gasteiger partial charge in [-0.25, -0.2) is 0 Å². The van der Waals surface area contributed by atoms with Crippen LogP contribution in [0, 0.1) is 20.8 Å². The maximum absolute atomic E-state index is 6.25. The first-order valence-corrected chi connectivity index (χ1v) is 12.1. The van der Waals surface area contributed by atoms with E-state index in [2.05, 4.69) is 130 Å². The first kappa shape index (κ1) is 22.7. The van der Waals surface area contributed by atoms with Gasteiger partial charge in [0.1, 0.15) is 5.75 Å². The molecule has 1 nitrogen and oxygen atoms in total. The summed E-state index contributed by atoms with van der Waals surface area (Å²) in [5.74, 6) is 0.900. The van der Waals surface area contributed by atoms with Crippen LogP contribution in [-0.2, 0) is 0 Å². The van der Waals surface area contributed by atoms with E-state index in [1.165, 1.54) is 38.9 Å². The number of methoxy groups -OCH3 is 1. The minimum Gasteiger partial charge on any atom is -0.495 e. The van der Waals surface area contributed by atoms with Crippen LogP contribution < -0.4 is 4.74 Å². The van der Waals surface area contributed by atoms with Crippen molar-refractivity contribution in [2.75, 3.05) is 7.11 Å². The summed E-state index contributed by atoms with van der Waals surface area (Å²) in [6, 6.07) is 39.1. The number of aryl methyl sites for hydroxylation is 3. The molecule has 0 unspecified atom stereocenters. The summed E-state index contributed by atoms with van der Waals surface area (Å²) >= 11 is 0. The SMILES string of the molecule is COc1c(-c2ccc(C)cc2)cc(-c2ccccc2)c(-c2ccccc2C)c1-c1cccc(C)c1. The van der Waals surface area contributed by atoms with Crippen LogP contribution in [0.15, 0.2) is 109 Å². The lowest BCUT2D eigenvalue weighted by Gasteiger charge is -2.24. The molecule has 0 radical (unpaired) electrons. The molecule has 1 heteroatoms. The molecule has 0 saturated carbocycles. The summed E-state index contributed by atoms with van der Waals surface area (Å²) in [7, 11) is 1.79. The molecular weight excluding hydrogens is 424 g/mol. The Bertz CT molecular complexity index is 1480. The van der Waals surface area contributed by atoms with Gasteiger partial charge in [0, 0.05) is 16.7 Å². The molecule has 0 heterocycles. The molecule has 0 aliphatic heterocycles. The van der Waals surface area contributed by atoms with E-state index in [9.17, 15) is 0 Å². The summed E-state index contributed by atoms with van der Waals surface area (Å²) in [4.78, 5) is 0. The molecule has 5 aromatic rings. The second kappa shape index (κ2) is 9.64. The smallest absolute Gasteiger partial charge is 0.135 e. The van der Waals surface area contributed by atoms with E-state index >= 15 is 0 Å². The maximum Gasteiger partial charge on any atom is 0.135 e. The molecule has 5 rings (SSSR count). The van der Waals surface area contributed by atoms with Crippen LogP contribution in [0.5, 0.6) is 5.75 Å². The van der Waals surface area contributed by atoms with E-state index in [-0.39, 0.29) is 0 Å². The van der Waals surface area contributed by atoms with E-state index in [1.54, 1.807) is 7.11 Å². The maximum atomic E-state index is 6.25. The predicted octanol–water partition coefficient (Wildman–Crippen LogP) is 9.29. The Hall–Kier alpha value is -4.10. The Morgan fingerprint density at radius 2 is 1.11 bits per heavy atom. The van der Waals surface area contributed by atoms with Gasteiger partial charge >= 0.3 is 0 Å². The van der Waals surface area contributed by atoms with E-state index < -0.39 is 0 Å². The number of rotatable bonds is 5. The number of ether oxygens (including phenoxy) is 1. The van der Waals surface area contributed by atoms with Gasteiger partial charge in [-0.15, -0.1) is 0 Å². The summed E-state index contributed by atoms with van der Waals surface area (Å²) in [6.45, 7) is 6.45. The number of hydrogen-bond acceptors (Lipinski definition) is 1. The van der Waals surface area contributed by atoms with Gasteiger partial charge in [-0.3, -0.25) is 0 Å². The fourth-order valence-corrected chi connectivity index (χ4v) is 4.88. The van der Waals surface area contributed by atoms with E-state index in [0.29, 0.717) is 0 Å². The molecule has 0 aromatic heterocycles. The third-order valence-electron chi connectivity index (χ3n) is 6.65. The van der Waals surface area contributed by atoms with Gasteiger partial charge in [-0.05, 0) is 60.2 Å². The fraction of sp³-hybridized carbons (Fsp3) is 0.118. The van der Waals surface area contributed by atoms with Crippen LogP contribution in [0.2, 0.25) is 0 Å². The Balaban J connectivity index is 1.98. The normalized spacial score (nSPS) is 10.9. The molecular formula is C34H30O. The van der Waals surface area contributed by atoms with Gasteiger partial charge < -0.3 is 4.74 Å². The van der Waals surface area contributed by atoms with Crippen molar-refractivity contribution in [1.29, 1.82) is 0 Å². The zero-order valence-corrected chi connectivity index (χ0v) is 20.8. The molecule has 0 amide bonds. The molecule has 0 aliphatic carbocycles. The van der Waals surface area contributed by atoms with E-state index in [0.717, 1.165) is 28.0 Å². The minimum atomic E-state index is 0.900. The second-order valence-electron chi connectivity index (χ2n) is 9.17. The van der Waals surface area contributed by atoms with Crippen LogP contribution in [0.25, 0.3) is 44.5 Å². The van der Waals surface area contributed by atoms with Crippen molar-refractivity contribution in [3.8, 4) is 50.3 Å². The van der Waals surface area contributed by atoms with Crippen molar-refractivity contribution >= 4 is 0 Å². The minimum absolute atomic E-state index is 0.900. The first-order chi connectivity index (χ1) is 17.1. The van der Waals surface area contributed by atoms with Crippen molar-refractivity contribution in [2.24, 2.45) is 0 Å². The highest BCUT2D eigenvalue weighted by atomic mass is 16.5. The third-order valence-corrected chi connectivity index (χ3v) is 6.65. The van der Waals surface area contributed by atoms with Crippen molar-refractivity contribution in [2.45, 2.75) is 20.8 Å². The largest absolute Gasteiger partial charge is 0.495 e. The Kier molecular flexibility index (Phi) is 6.25. The second-order valence-corrected chi connectivity index (χ2v) is 9.17. The standard InChI is InChI=1S/C34H30O/c1-23-17-19-27(20-18-23)31-22-30(26-13-6-5-7-14-26)33(29-16-9-8-12-25(29)3)32(34(31)35-4)28-15-10-11-24(2)21-28/h5-22H,1-4H3. The molecule has 0 spiro atoms. The highest BCUT2D eigenvalue weighted by molar-refractivity contribution is 6.02. The fourth-order valence-electron chi connectivity index (χ4n) is 4.88. The van der Waals surface area contributed by atoms with Crippen LogP contribution in [0.1, 0.15) is 16.7 Å². The third kappa shape index (κ3) is 4.38. The first-order valence-electron chi connectivity index (χ1n) is 12.1. The molecule has 0 fully saturated rings. The molecule has 0 atom stereocenters. The molecule has 172 valence electrons. The van der Waals surface area contributed by atoms with Gasteiger partial charge in [0.25, 0.3) is 0 Å². The monoisotopic (exact) mass is 454 g/mol. The zero-order valence-electron chi connectivity index (χ0n) is 20.8. The Labute approximate surface area is 208 Å². The molecule has 0 bridgehead atoms. The molecule has 0 aliphatic rings. The summed E-state index contributed by atoms with van der Waals surface area (Å²) in [6.07, 6.45) is 0. The zero-order chi connectivity index (χ0) is 24.4. The average Bonchev–Trinajstić information content (AvgIpc) is 2.89. The lowest BCUT2D eigenvalue weighted by molar-refractivity contribution is 0.418. The quantitative estimate of drug-likeness (QED) is 0.257. The lowest BCUT2D eigenvalue weighted by Crippen LogP contribution is -1.99. The van der Waals surface area contributed by atoms with Crippen LogP contribution >= 0.6 is 0 Å². The van der Waals surface area contributed by atoms with Gasteiger partial charge in [-0.1, -0.05) is 114 Å². The highest BCUT2D eigenvalue weighted by Crippen LogP contribution is 2.50. The molecule has 5 aromatic carbocycles. The molecule has 0 N–H and O–H groups in total. The molecule has 0 saturated heterocycles. The van der Waals surface area contributed by atoms with Crippen molar-refractivity contribution in [3.05, 3.63) is 126 Å². The lowest BCUT2D eigenvalue weighted by atomic mass is 9.82. The van der Waals surface area contributed by atoms with Crippen LogP contribution in [-0.4, -0.2) is 7.11 Å². The topological polar surface area (TPSA) is 9.23 Å². The van der Waals surface area contributed by atoms with Gasteiger partial charge in [-0.2, -0.15) is 0 Å². The van der Waals surface area contributed by atoms with Crippen LogP contribution in [0.3, 0.4) is 0 Å². The summed E-state index contributed by atoms with van der Waals surface area (Å²) < 4.78 is 6.25. The number of hydrogen-bond donors (Lipinski definition) is 0. The molecule has 35 heavy (non-hydrogen) atoms. The Morgan fingerprint density at radius 1 is 0.457 bits per heavy atom. The van der Waals surface area contributed by atoms with Gasteiger partial charge in [0.05, 0.1) is 7.11 Å². The van der Waals surface area contributed by atoms with Crippen LogP contribution in [0.4, 0.5) is 0 Å². The van der Waals surface area contributed by atoms with Crippen molar-refractivity contribution in [1.82, 2.24) is 0 Å². The summed E-state index contributed by atoms with van der Waals surface area (Å²) in [5, 5.41) is 0. The van der Waals surface area contributed by atoms with E-state index in [1.807, 2.05) is 0 Å². The number of benzene rings is 5. The highest BCUT2D eigenvalue weighted by Gasteiger charge is 2.24. The van der Waals surface area contributed by atoms with E-state index in [4.69, 9.17) is 4.74 Å². The van der Waals surface area contributed by atoms with Crippen molar-refractivity contribution < 1.29 is 4.74 Å². The van der Waals surface area contributed by atoms with Gasteiger partial charge in [0.2, 0.25) is 0 Å². The average molecular weight is 455 g/mol. The Morgan fingerprint density at radius 3 is 1.80 bits per heavy atom. The summed E-state index contributed by atoms with van der Waals surface area (Å²) in [5.41, 5.74) is 13.0. The predicted molar refractivity (Wildman–Crippen MR) is 149 cm³/mol.